The van der Waals surface area contributed by atoms with Gasteiger partial charge in [-0.25, -0.2) is 0 Å². The van der Waals surface area contributed by atoms with Gasteiger partial charge < -0.3 is 10.1 Å². The Labute approximate surface area is 202 Å². The van der Waals surface area contributed by atoms with E-state index in [1.54, 1.807) is 24.3 Å². The number of nitrogens with one attached hydrogen (secondary N) is 1. The Morgan fingerprint density at radius 3 is 2.34 bits per heavy atom. The van der Waals surface area contributed by atoms with Gasteiger partial charge in [0.2, 0.25) is 5.91 Å². The highest BCUT2D eigenvalue weighted by Gasteiger charge is 2.21. The molecule has 1 amide bonds. The van der Waals surface area contributed by atoms with E-state index in [2.05, 4.69) is 27.3 Å². The van der Waals surface area contributed by atoms with Crippen molar-refractivity contribution in [2.75, 3.05) is 33.0 Å². The van der Waals surface area contributed by atoms with Crippen molar-refractivity contribution in [1.82, 2.24) is 25.0 Å². The molecule has 0 aliphatic carbocycles. The second kappa shape index (κ2) is 11.6. The molecule has 170 valence electrons. The van der Waals surface area contributed by atoms with E-state index in [0.29, 0.717) is 34.1 Å². The molecule has 3 aromatic rings. The first-order chi connectivity index (χ1) is 15.3. The maximum absolute atomic E-state index is 12.3. The van der Waals surface area contributed by atoms with Gasteiger partial charge in [-0.05, 0) is 69.6 Å². The molecular weight excluding hydrogens is 469 g/mol. The maximum atomic E-state index is 12.3. The van der Waals surface area contributed by atoms with Crippen molar-refractivity contribution in [1.29, 1.82) is 0 Å². The van der Waals surface area contributed by atoms with E-state index in [1.807, 2.05) is 42.9 Å². The van der Waals surface area contributed by atoms with Crippen molar-refractivity contribution in [3.05, 3.63) is 64.4 Å². The average Bonchev–Trinajstić information content (AvgIpc) is 3.20. The van der Waals surface area contributed by atoms with Crippen LogP contribution < -0.4 is 10.1 Å². The summed E-state index contributed by atoms with van der Waals surface area (Å²) in [5.41, 5.74) is 0.891. The number of aromatic nitrogens is 3. The molecule has 1 unspecified atom stereocenters. The number of ether oxygens (including phenoxy) is 1. The van der Waals surface area contributed by atoms with E-state index < -0.39 is 0 Å². The summed E-state index contributed by atoms with van der Waals surface area (Å²) in [6, 6.07) is 14.6. The van der Waals surface area contributed by atoms with Gasteiger partial charge in [-0.15, -0.1) is 10.2 Å². The third kappa shape index (κ3) is 6.62. The van der Waals surface area contributed by atoms with Crippen LogP contribution in [0.1, 0.15) is 18.8 Å². The number of rotatable bonds is 10. The number of hydrogen-bond acceptors (Lipinski definition) is 6. The second-order valence-electron chi connectivity index (χ2n) is 7.23. The molecule has 1 heterocycles. The van der Waals surface area contributed by atoms with Crippen molar-refractivity contribution in [3.8, 4) is 11.4 Å². The second-order valence-corrected chi connectivity index (χ2v) is 9.05. The third-order valence-electron chi connectivity index (χ3n) is 4.73. The molecule has 7 nitrogen and oxygen atoms in total. The summed E-state index contributed by atoms with van der Waals surface area (Å²) in [6.45, 7) is 2.82. The minimum Gasteiger partial charge on any atom is -0.492 e. The summed E-state index contributed by atoms with van der Waals surface area (Å²) in [6.07, 6.45) is 0. The number of carbonyl (C=O) groups excluding carboxylic acids is 1. The molecule has 3 rings (SSSR count). The molecule has 1 aromatic heterocycles. The molecule has 0 aliphatic rings. The van der Waals surface area contributed by atoms with Crippen LogP contribution in [0.4, 0.5) is 0 Å². The van der Waals surface area contributed by atoms with Crippen molar-refractivity contribution in [3.63, 3.8) is 0 Å². The normalized spacial score (nSPS) is 12.1. The molecule has 0 saturated heterocycles. The number of amides is 1. The SMILES string of the molecule is CC(c1nnc(SCC(=O)NCCOc2ccc(Cl)cc2)n1-c1ccc(Cl)cc1)N(C)C. The van der Waals surface area contributed by atoms with Gasteiger partial charge in [0.05, 0.1) is 18.3 Å². The Balaban J connectivity index is 1.59. The Kier molecular flexibility index (Phi) is 8.81. The molecule has 0 radical (unpaired) electrons. The molecule has 0 fully saturated rings. The van der Waals surface area contributed by atoms with Crippen molar-refractivity contribution in [2.24, 2.45) is 0 Å². The Morgan fingerprint density at radius 2 is 1.72 bits per heavy atom. The number of carbonyl (C=O) groups is 1. The van der Waals surface area contributed by atoms with Gasteiger partial charge in [0.25, 0.3) is 0 Å². The summed E-state index contributed by atoms with van der Waals surface area (Å²) >= 11 is 13.2. The lowest BCUT2D eigenvalue weighted by Crippen LogP contribution is -2.29. The minimum absolute atomic E-state index is 0.0337. The van der Waals surface area contributed by atoms with Crippen molar-refractivity contribution in [2.45, 2.75) is 18.1 Å². The Morgan fingerprint density at radius 1 is 1.09 bits per heavy atom. The molecular formula is C22H25Cl2N5O2S. The number of hydrogen-bond donors (Lipinski definition) is 1. The van der Waals surface area contributed by atoms with E-state index in [-0.39, 0.29) is 17.7 Å². The van der Waals surface area contributed by atoms with Gasteiger partial charge in [-0.3, -0.25) is 14.3 Å². The van der Waals surface area contributed by atoms with Crippen LogP contribution in [0, 0.1) is 0 Å². The molecule has 0 saturated carbocycles. The third-order valence-corrected chi connectivity index (χ3v) is 6.16. The first kappa shape index (κ1) is 24.4. The van der Waals surface area contributed by atoms with Crippen LogP contribution in [0.25, 0.3) is 5.69 Å². The standard InChI is InChI=1S/C22H25Cl2N5O2S/c1-15(28(2)3)21-26-27-22(29(21)18-8-4-16(23)5-9-18)32-14-20(30)25-12-13-31-19-10-6-17(24)7-11-19/h4-11,15H,12-14H2,1-3H3,(H,25,30). The Bertz CT molecular complexity index is 1030. The first-order valence-corrected chi connectivity index (χ1v) is 11.7. The largest absolute Gasteiger partial charge is 0.492 e. The lowest BCUT2D eigenvalue weighted by Gasteiger charge is -2.20. The van der Waals surface area contributed by atoms with Crippen LogP contribution in [-0.2, 0) is 4.79 Å². The zero-order chi connectivity index (χ0) is 23.1. The summed E-state index contributed by atoms with van der Waals surface area (Å²) < 4.78 is 7.55. The minimum atomic E-state index is -0.109. The molecule has 0 aliphatic heterocycles. The fraction of sp³-hybridized carbons (Fsp3) is 0.318. The summed E-state index contributed by atoms with van der Waals surface area (Å²) in [4.78, 5) is 14.4. The molecule has 32 heavy (non-hydrogen) atoms. The quantitative estimate of drug-likeness (QED) is 0.331. The Hall–Kier alpha value is -2.26. The van der Waals surface area contributed by atoms with Gasteiger partial charge in [0, 0.05) is 15.7 Å². The van der Waals surface area contributed by atoms with Crippen LogP contribution >= 0.6 is 35.0 Å². The highest BCUT2D eigenvalue weighted by molar-refractivity contribution is 7.99. The van der Waals surface area contributed by atoms with Crippen molar-refractivity contribution >= 4 is 40.9 Å². The highest BCUT2D eigenvalue weighted by atomic mass is 35.5. The monoisotopic (exact) mass is 493 g/mol. The van der Waals surface area contributed by atoms with Gasteiger partial charge in [0.15, 0.2) is 11.0 Å². The summed E-state index contributed by atoms with van der Waals surface area (Å²) in [5, 5.41) is 13.5. The van der Waals surface area contributed by atoms with E-state index in [0.717, 1.165) is 11.5 Å². The van der Waals surface area contributed by atoms with Crippen molar-refractivity contribution < 1.29 is 9.53 Å². The first-order valence-electron chi connectivity index (χ1n) is 10.0. The predicted molar refractivity (Wildman–Crippen MR) is 129 cm³/mol. The molecule has 1 N–H and O–H groups in total. The van der Waals surface area contributed by atoms with E-state index in [4.69, 9.17) is 27.9 Å². The van der Waals surface area contributed by atoms with E-state index in [9.17, 15) is 4.79 Å². The van der Waals surface area contributed by atoms with Gasteiger partial charge in [0.1, 0.15) is 12.4 Å². The van der Waals surface area contributed by atoms with Crippen LogP contribution in [0.5, 0.6) is 5.75 Å². The van der Waals surface area contributed by atoms with E-state index >= 15 is 0 Å². The average molecular weight is 494 g/mol. The van der Waals surface area contributed by atoms with E-state index in [1.165, 1.54) is 11.8 Å². The predicted octanol–water partition coefficient (Wildman–Crippen LogP) is 4.48. The zero-order valence-corrected chi connectivity index (χ0v) is 20.4. The number of thioether (sulfide) groups is 1. The summed E-state index contributed by atoms with van der Waals surface area (Å²) in [7, 11) is 3.97. The fourth-order valence-corrected chi connectivity index (χ4v) is 3.82. The lowest BCUT2D eigenvalue weighted by molar-refractivity contribution is -0.118. The van der Waals surface area contributed by atoms with Crippen LogP contribution in [0.3, 0.4) is 0 Å². The smallest absolute Gasteiger partial charge is 0.230 e. The van der Waals surface area contributed by atoms with Gasteiger partial charge >= 0.3 is 0 Å². The topological polar surface area (TPSA) is 72.3 Å². The number of benzene rings is 2. The number of nitrogens with zero attached hydrogens (tertiary/aromatic N) is 4. The van der Waals surface area contributed by atoms with Gasteiger partial charge in [-0.1, -0.05) is 35.0 Å². The molecule has 0 spiro atoms. The molecule has 2 aromatic carbocycles. The molecule has 10 heteroatoms. The van der Waals surface area contributed by atoms with Crippen LogP contribution in [0.2, 0.25) is 10.0 Å². The molecule has 0 bridgehead atoms. The van der Waals surface area contributed by atoms with Gasteiger partial charge in [-0.2, -0.15) is 0 Å². The zero-order valence-electron chi connectivity index (χ0n) is 18.1. The maximum Gasteiger partial charge on any atom is 0.230 e. The molecule has 1 atom stereocenters. The number of halogens is 2. The lowest BCUT2D eigenvalue weighted by atomic mass is 10.2. The van der Waals surface area contributed by atoms with Crippen LogP contribution in [0.15, 0.2) is 53.7 Å². The van der Waals surface area contributed by atoms with Crippen LogP contribution in [-0.4, -0.2) is 58.6 Å². The highest BCUT2D eigenvalue weighted by Crippen LogP contribution is 2.27. The fourth-order valence-electron chi connectivity index (χ4n) is 2.78. The summed E-state index contributed by atoms with van der Waals surface area (Å²) in [5.74, 6) is 1.60.